The zero-order valence-electron chi connectivity index (χ0n) is 18.9. The van der Waals surface area contributed by atoms with Crippen LogP contribution in [0.3, 0.4) is 0 Å². The minimum absolute atomic E-state index is 0.309. The van der Waals surface area contributed by atoms with Crippen molar-refractivity contribution in [3.05, 3.63) is 42.5 Å². The third-order valence-corrected chi connectivity index (χ3v) is 6.47. The molecule has 1 amide bonds. The second-order valence-corrected chi connectivity index (χ2v) is 8.81. The first-order valence-electron chi connectivity index (χ1n) is 10.9. The fraction of sp³-hybridized carbons (Fsp3) is 0.348. The van der Waals surface area contributed by atoms with Gasteiger partial charge in [0.05, 0.1) is 30.5 Å². The molecule has 2 aliphatic rings. The normalized spacial score (nSPS) is 18.0. The van der Waals surface area contributed by atoms with E-state index in [0.717, 1.165) is 31.4 Å². The Bertz CT molecular complexity index is 1230. The summed E-state index contributed by atoms with van der Waals surface area (Å²) in [7, 11) is 5.45. The number of carbonyl (C=O) groups is 1. The molecular weight excluding hydrogens is 424 g/mol. The van der Waals surface area contributed by atoms with Gasteiger partial charge in [0.1, 0.15) is 37.2 Å². The first-order valence-corrected chi connectivity index (χ1v) is 10.9. The molecule has 0 atom stereocenters. The number of hydrogen-bond donors (Lipinski definition) is 1. The predicted octanol–water partition coefficient (Wildman–Crippen LogP) is 2.20. The number of piperidine rings is 1. The topological polar surface area (TPSA) is 79.8 Å². The van der Waals surface area contributed by atoms with E-state index in [9.17, 15) is 9.18 Å². The standard InChI is InChI=1S/C23H25BFN5O3/c1-29-7-5-23(6-8-29)12-30(22(31)33-23)19-10-15-18(11-20(19)32-2)26-13-27-21(15)28-17-4-3-14(24)9-16(17)25/h3-4,9-11,13H,5-8,12,24H2,1-2H3,(H,26,27,28). The number of carbonyl (C=O) groups excluding carboxylic acids is 1. The molecule has 2 aromatic carbocycles. The van der Waals surface area contributed by atoms with Gasteiger partial charge in [0.25, 0.3) is 0 Å². The van der Waals surface area contributed by atoms with Crippen LogP contribution in [-0.2, 0) is 4.74 Å². The molecule has 0 radical (unpaired) electrons. The zero-order valence-corrected chi connectivity index (χ0v) is 18.9. The predicted molar refractivity (Wildman–Crippen MR) is 127 cm³/mol. The van der Waals surface area contributed by atoms with Gasteiger partial charge in [-0.25, -0.2) is 19.2 Å². The number of anilines is 3. The lowest BCUT2D eigenvalue weighted by atomic mass is 9.91. The van der Waals surface area contributed by atoms with E-state index in [1.165, 1.54) is 12.4 Å². The molecule has 3 heterocycles. The third kappa shape index (κ3) is 3.95. The number of methoxy groups -OCH3 is 1. The number of benzene rings is 2. The average Bonchev–Trinajstić information content (AvgIpc) is 3.12. The molecule has 10 heteroatoms. The Morgan fingerprint density at radius 3 is 2.73 bits per heavy atom. The number of ether oxygens (including phenoxy) is 2. The third-order valence-electron chi connectivity index (χ3n) is 6.47. The molecule has 0 bridgehead atoms. The van der Waals surface area contributed by atoms with Crippen LogP contribution in [-0.4, -0.2) is 68.2 Å². The van der Waals surface area contributed by atoms with E-state index in [0.29, 0.717) is 40.4 Å². The zero-order chi connectivity index (χ0) is 23.2. The first kappa shape index (κ1) is 21.5. The molecular formula is C23H25BFN5O3. The molecule has 5 rings (SSSR count). The number of nitrogens with one attached hydrogen (secondary N) is 1. The van der Waals surface area contributed by atoms with Crippen LogP contribution in [0.5, 0.6) is 5.75 Å². The number of hydrogen-bond acceptors (Lipinski definition) is 7. The van der Waals surface area contributed by atoms with Crippen molar-refractivity contribution in [3.63, 3.8) is 0 Å². The van der Waals surface area contributed by atoms with E-state index < -0.39 is 11.7 Å². The van der Waals surface area contributed by atoms with Crippen LogP contribution in [0.4, 0.5) is 26.4 Å². The maximum atomic E-state index is 14.5. The van der Waals surface area contributed by atoms with Crippen molar-refractivity contribution < 1.29 is 18.7 Å². The van der Waals surface area contributed by atoms with Crippen molar-refractivity contribution in [1.82, 2.24) is 14.9 Å². The lowest BCUT2D eigenvalue weighted by Gasteiger charge is -2.35. The molecule has 2 saturated heterocycles. The Labute approximate surface area is 192 Å². The second-order valence-electron chi connectivity index (χ2n) is 8.81. The summed E-state index contributed by atoms with van der Waals surface area (Å²) in [6, 6.07) is 8.52. The fourth-order valence-electron chi connectivity index (χ4n) is 4.49. The summed E-state index contributed by atoms with van der Waals surface area (Å²) in [6.45, 7) is 2.20. The lowest BCUT2D eigenvalue weighted by molar-refractivity contribution is 0.00678. The van der Waals surface area contributed by atoms with E-state index in [1.54, 1.807) is 30.2 Å². The van der Waals surface area contributed by atoms with Crippen molar-refractivity contribution in [3.8, 4) is 5.75 Å². The van der Waals surface area contributed by atoms with Gasteiger partial charge in [-0.15, -0.1) is 0 Å². The Kier molecular flexibility index (Phi) is 5.32. The van der Waals surface area contributed by atoms with Gasteiger partial charge >= 0.3 is 6.09 Å². The van der Waals surface area contributed by atoms with Crippen molar-refractivity contribution in [1.29, 1.82) is 0 Å². The molecule has 1 N–H and O–H groups in total. The molecule has 1 spiro atoms. The van der Waals surface area contributed by atoms with Gasteiger partial charge < -0.3 is 19.7 Å². The van der Waals surface area contributed by atoms with Gasteiger partial charge in [0.2, 0.25) is 0 Å². The summed E-state index contributed by atoms with van der Waals surface area (Å²) in [5.74, 6) is 0.576. The highest BCUT2D eigenvalue weighted by Gasteiger charge is 2.47. The number of fused-ring (bicyclic) bond motifs is 1. The summed E-state index contributed by atoms with van der Waals surface area (Å²) in [5.41, 5.74) is 1.83. The van der Waals surface area contributed by atoms with Gasteiger partial charge in [-0.2, -0.15) is 0 Å². The van der Waals surface area contributed by atoms with Crippen LogP contribution < -0.4 is 20.4 Å². The van der Waals surface area contributed by atoms with Crippen molar-refractivity contribution in [2.24, 2.45) is 0 Å². The van der Waals surface area contributed by atoms with Crippen molar-refractivity contribution in [2.75, 3.05) is 44.0 Å². The average molecular weight is 449 g/mol. The van der Waals surface area contributed by atoms with Gasteiger partial charge in [-0.05, 0) is 25.2 Å². The molecule has 2 aliphatic heterocycles. The highest BCUT2D eigenvalue weighted by molar-refractivity contribution is 6.32. The van der Waals surface area contributed by atoms with E-state index in [4.69, 9.17) is 9.47 Å². The maximum Gasteiger partial charge on any atom is 0.415 e. The molecule has 1 aromatic heterocycles. The summed E-state index contributed by atoms with van der Waals surface area (Å²) in [4.78, 5) is 25.4. The highest BCUT2D eigenvalue weighted by Crippen LogP contribution is 2.41. The Hall–Kier alpha value is -3.40. The Morgan fingerprint density at radius 1 is 1.21 bits per heavy atom. The summed E-state index contributed by atoms with van der Waals surface area (Å²) in [6.07, 6.45) is 2.58. The molecule has 2 fully saturated rings. The fourth-order valence-corrected chi connectivity index (χ4v) is 4.49. The molecule has 3 aromatic rings. The van der Waals surface area contributed by atoms with E-state index in [2.05, 4.69) is 27.2 Å². The maximum absolute atomic E-state index is 14.5. The second kappa shape index (κ2) is 8.19. The van der Waals surface area contributed by atoms with Crippen LogP contribution in [0.25, 0.3) is 10.9 Å². The quantitative estimate of drug-likeness (QED) is 0.612. The molecule has 8 nitrogen and oxygen atoms in total. The van der Waals surface area contributed by atoms with E-state index in [-0.39, 0.29) is 5.82 Å². The van der Waals surface area contributed by atoms with Crippen LogP contribution in [0.15, 0.2) is 36.7 Å². The monoisotopic (exact) mass is 449 g/mol. The number of amides is 1. The number of halogens is 1. The molecule has 0 saturated carbocycles. The highest BCUT2D eigenvalue weighted by atomic mass is 19.1. The molecule has 170 valence electrons. The van der Waals surface area contributed by atoms with Crippen LogP contribution in [0.2, 0.25) is 0 Å². The van der Waals surface area contributed by atoms with Crippen molar-refractivity contribution >= 4 is 47.5 Å². The molecule has 0 aliphatic carbocycles. The van der Waals surface area contributed by atoms with Gasteiger partial charge in [-0.1, -0.05) is 11.5 Å². The van der Waals surface area contributed by atoms with Crippen LogP contribution in [0.1, 0.15) is 12.8 Å². The molecule has 33 heavy (non-hydrogen) atoms. The summed E-state index contributed by atoms with van der Waals surface area (Å²) < 4.78 is 25.9. The minimum Gasteiger partial charge on any atom is -0.494 e. The lowest BCUT2D eigenvalue weighted by Crippen LogP contribution is -2.45. The number of nitrogens with zero attached hydrogens (tertiary/aromatic N) is 4. The first-order chi connectivity index (χ1) is 15.9. The minimum atomic E-state index is -0.497. The number of aromatic nitrogens is 2. The summed E-state index contributed by atoms with van der Waals surface area (Å²) in [5, 5.41) is 3.71. The van der Waals surface area contributed by atoms with Gasteiger partial charge in [-0.3, -0.25) is 4.90 Å². The van der Waals surface area contributed by atoms with Gasteiger partial charge in [0, 0.05) is 37.4 Å². The van der Waals surface area contributed by atoms with E-state index >= 15 is 0 Å². The summed E-state index contributed by atoms with van der Waals surface area (Å²) >= 11 is 0. The van der Waals surface area contributed by atoms with E-state index in [1.807, 2.05) is 13.9 Å². The number of likely N-dealkylation sites (tertiary alicyclic amines) is 1. The van der Waals surface area contributed by atoms with Crippen LogP contribution >= 0.6 is 0 Å². The Balaban J connectivity index is 1.54. The van der Waals surface area contributed by atoms with Gasteiger partial charge in [0.15, 0.2) is 0 Å². The smallest absolute Gasteiger partial charge is 0.415 e. The van der Waals surface area contributed by atoms with Crippen LogP contribution in [0, 0.1) is 5.82 Å². The Morgan fingerprint density at radius 2 is 2.00 bits per heavy atom. The number of rotatable bonds is 4. The largest absolute Gasteiger partial charge is 0.494 e. The SMILES string of the molecule is Bc1ccc(Nc2ncnc3cc(OC)c(N4CC5(CCN(C)CC5)OC4=O)cc23)c(F)c1. The van der Waals surface area contributed by atoms with Crippen molar-refractivity contribution in [2.45, 2.75) is 18.4 Å². The molecule has 0 unspecified atom stereocenters.